The Bertz CT molecular complexity index is 339. The second-order valence-electron chi connectivity index (χ2n) is 2.10. The third kappa shape index (κ3) is 1.29. The van der Waals surface area contributed by atoms with Gasteiger partial charge in [-0.2, -0.15) is 5.10 Å². The number of nitrogens with zero attached hydrogens (tertiary/aromatic N) is 1. The smallest absolute Gasteiger partial charge is 0.0935 e. The Morgan fingerprint density at radius 2 is 2.45 bits per heavy atom. The molecule has 0 fully saturated rings. The van der Waals surface area contributed by atoms with E-state index in [0.717, 1.165) is 15.6 Å². The summed E-state index contributed by atoms with van der Waals surface area (Å²) in [6, 6.07) is 3.82. The van der Waals surface area contributed by atoms with Gasteiger partial charge in [0.25, 0.3) is 0 Å². The van der Waals surface area contributed by atoms with Crippen LogP contribution in [-0.2, 0) is 0 Å². The van der Waals surface area contributed by atoms with Gasteiger partial charge in [0.05, 0.1) is 10.0 Å². The molecule has 0 aromatic carbocycles. The molecule has 0 spiro atoms. The molecule has 11 heavy (non-hydrogen) atoms. The zero-order valence-electron chi connectivity index (χ0n) is 5.54. The Labute approximate surface area is 72.8 Å². The van der Waals surface area contributed by atoms with Gasteiger partial charge < -0.3 is 0 Å². The first-order chi connectivity index (χ1) is 5.36. The number of nitrogens with one attached hydrogen (secondary N) is 1. The first-order valence-electron chi connectivity index (χ1n) is 3.10. The minimum atomic E-state index is 0.794. The molecule has 0 aliphatic rings. The zero-order valence-corrected chi connectivity index (χ0v) is 7.12. The fourth-order valence-corrected chi connectivity index (χ4v) is 1.74. The summed E-state index contributed by atoms with van der Waals surface area (Å²) in [6.45, 7) is 0. The summed E-state index contributed by atoms with van der Waals surface area (Å²) in [5.41, 5.74) is 2.01. The molecule has 0 saturated carbocycles. The van der Waals surface area contributed by atoms with Crippen molar-refractivity contribution in [2.24, 2.45) is 0 Å². The van der Waals surface area contributed by atoms with Crippen molar-refractivity contribution in [1.82, 2.24) is 10.2 Å². The van der Waals surface area contributed by atoms with Gasteiger partial charge in [-0.05, 0) is 12.1 Å². The molecule has 0 saturated heterocycles. The lowest BCUT2D eigenvalue weighted by molar-refractivity contribution is 1.10. The predicted octanol–water partition coefficient (Wildman–Crippen LogP) is 2.79. The fourth-order valence-electron chi connectivity index (χ4n) is 0.865. The molecule has 0 radical (unpaired) electrons. The van der Waals surface area contributed by atoms with E-state index in [1.807, 2.05) is 17.5 Å². The van der Waals surface area contributed by atoms with Gasteiger partial charge in [-0.1, -0.05) is 11.6 Å². The van der Waals surface area contributed by atoms with E-state index in [4.69, 9.17) is 11.6 Å². The van der Waals surface area contributed by atoms with Crippen molar-refractivity contribution in [2.75, 3.05) is 0 Å². The third-order valence-corrected chi connectivity index (χ3v) is 2.46. The molecule has 1 N–H and O–H groups in total. The van der Waals surface area contributed by atoms with Crippen LogP contribution < -0.4 is 0 Å². The van der Waals surface area contributed by atoms with Crippen LogP contribution in [0.25, 0.3) is 11.3 Å². The Morgan fingerprint density at radius 1 is 1.55 bits per heavy atom. The Morgan fingerprint density at radius 3 is 3.00 bits per heavy atom. The quantitative estimate of drug-likeness (QED) is 0.726. The summed E-state index contributed by atoms with van der Waals surface area (Å²) in [5, 5.41) is 8.76. The van der Waals surface area contributed by atoms with Gasteiger partial charge in [-0.3, -0.25) is 5.10 Å². The van der Waals surface area contributed by atoms with E-state index in [2.05, 4.69) is 10.2 Å². The van der Waals surface area contributed by atoms with Gasteiger partial charge in [0.1, 0.15) is 0 Å². The monoisotopic (exact) mass is 184 g/mol. The number of aromatic amines is 1. The molecule has 2 aromatic heterocycles. The van der Waals surface area contributed by atoms with E-state index < -0.39 is 0 Å². The number of hydrogen-bond acceptors (Lipinski definition) is 2. The lowest BCUT2D eigenvalue weighted by Crippen LogP contribution is -1.71. The van der Waals surface area contributed by atoms with E-state index >= 15 is 0 Å². The molecule has 0 aliphatic heterocycles. The van der Waals surface area contributed by atoms with Crippen molar-refractivity contribution >= 4 is 22.9 Å². The summed E-state index contributed by atoms with van der Waals surface area (Å²) in [7, 11) is 0. The average molecular weight is 185 g/mol. The molecule has 0 bridgehead atoms. The number of aromatic nitrogens is 2. The molecular weight excluding hydrogens is 180 g/mol. The number of H-pyrrole nitrogens is 1. The minimum absolute atomic E-state index is 0.794. The van der Waals surface area contributed by atoms with E-state index in [1.54, 1.807) is 6.20 Å². The Kier molecular flexibility index (Phi) is 1.68. The summed E-state index contributed by atoms with van der Waals surface area (Å²) >= 11 is 7.27. The van der Waals surface area contributed by atoms with Crippen LogP contribution in [0, 0.1) is 0 Å². The molecule has 2 heterocycles. The molecule has 56 valence electrons. The molecule has 0 unspecified atom stereocenters. The first-order valence-corrected chi connectivity index (χ1v) is 4.36. The van der Waals surface area contributed by atoms with Crippen molar-refractivity contribution < 1.29 is 0 Å². The van der Waals surface area contributed by atoms with Gasteiger partial charge in [-0.25, -0.2) is 0 Å². The molecule has 0 amide bonds. The maximum atomic E-state index is 5.76. The summed E-state index contributed by atoms with van der Waals surface area (Å²) in [4.78, 5) is 0. The normalized spacial score (nSPS) is 10.3. The fraction of sp³-hybridized carbons (Fsp3) is 0. The van der Waals surface area contributed by atoms with Crippen LogP contribution in [-0.4, -0.2) is 10.2 Å². The lowest BCUT2D eigenvalue weighted by Gasteiger charge is -1.84. The second kappa shape index (κ2) is 2.68. The van der Waals surface area contributed by atoms with E-state index in [-0.39, 0.29) is 0 Å². The molecule has 2 aromatic rings. The van der Waals surface area contributed by atoms with Gasteiger partial charge in [-0.15, -0.1) is 11.3 Å². The molecule has 0 atom stereocenters. The van der Waals surface area contributed by atoms with Gasteiger partial charge in [0, 0.05) is 17.1 Å². The number of thiophene rings is 1. The van der Waals surface area contributed by atoms with Crippen LogP contribution in [0.15, 0.2) is 23.7 Å². The minimum Gasteiger partial charge on any atom is -0.285 e. The Hall–Kier alpha value is -0.800. The standard InChI is InChI=1S/C7H5ClN2S/c8-7-3-5(4-11-7)6-1-2-9-10-6/h1-4H,(H,9,10). The van der Waals surface area contributed by atoms with E-state index in [0.29, 0.717) is 0 Å². The third-order valence-electron chi connectivity index (χ3n) is 1.36. The van der Waals surface area contributed by atoms with Gasteiger partial charge in [0.15, 0.2) is 0 Å². The Balaban J connectivity index is 2.45. The summed E-state index contributed by atoms with van der Waals surface area (Å²) in [5.74, 6) is 0. The van der Waals surface area contributed by atoms with Crippen molar-refractivity contribution in [3.63, 3.8) is 0 Å². The first kappa shape index (κ1) is 6.88. The zero-order chi connectivity index (χ0) is 7.68. The molecule has 2 nitrogen and oxygen atoms in total. The van der Waals surface area contributed by atoms with E-state index in [9.17, 15) is 0 Å². The number of rotatable bonds is 1. The second-order valence-corrected chi connectivity index (χ2v) is 3.64. The summed E-state index contributed by atoms with van der Waals surface area (Å²) in [6.07, 6.45) is 1.79. The number of halogens is 1. The molecule has 4 heteroatoms. The predicted molar refractivity (Wildman–Crippen MR) is 46.9 cm³/mol. The molecule has 2 rings (SSSR count). The van der Waals surface area contributed by atoms with E-state index in [1.165, 1.54) is 11.3 Å². The maximum Gasteiger partial charge on any atom is 0.0935 e. The van der Waals surface area contributed by atoms with Crippen LogP contribution >= 0.6 is 22.9 Å². The van der Waals surface area contributed by atoms with Crippen LogP contribution in [0.3, 0.4) is 0 Å². The van der Waals surface area contributed by atoms with Gasteiger partial charge in [0.2, 0.25) is 0 Å². The highest BCUT2D eigenvalue weighted by Crippen LogP contribution is 2.26. The highest BCUT2D eigenvalue weighted by molar-refractivity contribution is 7.14. The molecular formula is C7H5ClN2S. The largest absolute Gasteiger partial charge is 0.285 e. The summed E-state index contributed by atoms with van der Waals surface area (Å²) < 4.78 is 0.794. The van der Waals surface area contributed by atoms with Crippen LogP contribution in [0.2, 0.25) is 4.34 Å². The van der Waals surface area contributed by atoms with Crippen LogP contribution in [0.5, 0.6) is 0 Å². The SMILES string of the molecule is Clc1cc(-c2cc[nH]n2)cs1. The van der Waals surface area contributed by atoms with Gasteiger partial charge >= 0.3 is 0 Å². The van der Waals surface area contributed by atoms with Crippen LogP contribution in [0.1, 0.15) is 0 Å². The van der Waals surface area contributed by atoms with Crippen molar-refractivity contribution in [3.8, 4) is 11.3 Å². The number of hydrogen-bond donors (Lipinski definition) is 1. The van der Waals surface area contributed by atoms with Crippen molar-refractivity contribution in [1.29, 1.82) is 0 Å². The van der Waals surface area contributed by atoms with Crippen molar-refractivity contribution in [3.05, 3.63) is 28.0 Å². The maximum absolute atomic E-state index is 5.76. The van der Waals surface area contributed by atoms with Crippen LogP contribution in [0.4, 0.5) is 0 Å². The highest BCUT2D eigenvalue weighted by atomic mass is 35.5. The highest BCUT2D eigenvalue weighted by Gasteiger charge is 2.01. The molecule has 0 aliphatic carbocycles. The topological polar surface area (TPSA) is 28.7 Å². The van der Waals surface area contributed by atoms with Crippen molar-refractivity contribution in [2.45, 2.75) is 0 Å². The lowest BCUT2D eigenvalue weighted by atomic mass is 10.2. The average Bonchev–Trinajstić information content (AvgIpc) is 2.55.